The number of ether oxygens (including phenoxy) is 1. The molecule has 1 aromatic rings. The quantitative estimate of drug-likeness (QED) is 0.584. The molecule has 0 aliphatic heterocycles. The largest absolute Gasteiger partial charge is 0.382 e. The normalized spacial score (nSPS) is 11.7. The average molecular weight is 244 g/mol. The first-order valence-corrected chi connectivity index (χ1v) is 6.34. The van der Waals surface area contributed by atoms with Crippen LogP contribution >= 0.6 is 0 Å². The zero-order valence-electron chi connectivity index (χ0n) is 9.69. The Hall–Kier alpha value is -0.910. The van der Waals surface area contributed by atoms with Gasteiger partial charge in [-0.15, -0.1) is 0 Å². The van der Waals surface area contributed by atoms with Crippen LogP contribution in [0.15, 0.2) is 23.1 Å². The van der Waals surface area contributed by atoms with Gasteiger partial charge in [-0.25, -0.2) is 0 Å². The second-order valence-electron chi connectivity index (χ2n) is 3.54. The molecule has 0 aliphatic carbocycles. The first-order valence-electron chi connectivity index (χ1n) is 4.93. The summed E-state index contributed by atoms with van der Waals surface area (Å²) < 4.78 is 33.1. The molecule has 0 saturated carbocycles. The highest BCUT2D eigenvalue weighted by atomic mass is 32.2. The Balaban J connectivity index is 2.90. The lowest BCUT2D eigenvalue weighted by atomic mass is 10.2. The number of hydrogen-bond acceptors (Lipinski definition) is 4. The monoisotopic (exact) mass is 244 g/mol. The molecule has 90 valence electrons. The Bertz CT molecular complexity index is 451. The van der Waals surface area contributed by atoms with Crippen molar-refractivity contribution in [2.45, 2.75) is 18.7 Å². The molecule has 0 atom stereocenters. The maximum atomic E-state index is 11.8. The second kappa shape index (κ2) is 5.43. The summed E-state index contributed by atoms with van der Waals surface area (Å²) in [5, 5.41) is 0. The fourth-order valence-electron chi connectivity index (χ4n) is 1.37. The maximum absolute atomic E-state index is 11.8. The highest BCUT2D eigenvalue weighted by Crippen LogP contribution is 2.18. The molecular formula is C11H16O4S. The third kappa shape index (κ3) is 3.30. The number of methoxy groups -OCH3 is 1. The minimum Gasteiger partial charge on any atom is -0.382 e. The van der Waals surface area contributed by atoms with Crippen LogP contribution in [0.5, 0.6) is 0 Å². The summed E-state index contributed by atoms with van der Waals surface area (Å²) in [5.74, 6) is 0. The molecule has 0 heterocycles. The van der Waals surface area contributed by atoms with Crippen LogP contribution in [0.4, 0.5) is 0 Å². The molecule has 0 aliphatic rings. The van der Waals surface area contributed by atoms with Crippen molar-refractivity contribution in [2.75, 3.05) is 20.3 Å². The van der Waals surface area contributed by atoms with Crippen molar-refractivity contribution in [3.63, 3.8) is 0 Å². The van der Waals surface area contributed by atoms with E-state index in [2.05, 4.69) is 0 Å². The predicted octanol–water partition coefficient (Wildman–Crippen LogP) is 1.66. The summed E-state index contributed by atoms with van der Waals surface area (Å²) in [5.41, 5.74) is 1.71. The smallest absolute Gasteiger partial charge is 0.297 e. The molecule has 0 spiro atoms. The van der Waals surface area contributed by atoms with Crippen molar-refractivity contribution in [1.29, 1.82) is 0 Å². The molecule has 5 heteroatoms. The van der Waals surface area contributed by atoms with Gasteiger partial charge in [0.25, 0.3) is 10.1 Å². The van der Waals surface area contributed by atoms with E-state index in [0.29, 0.717) is 5.56 Å². The van der Waals surface area contributed by atoms with E-state index in [1.165, 1.54) is 7.11 Å². The van der Waals surface area contributed by atoms with E-state index in [4.69, 9.17) is 8.92 Å². The number of aryl methyl sites for hydroxylation is 2. The van der Waals surface area contributed by atoms with Crippen LogP contribution in [-0.2, 0) is 19.0 Å². The van der Waals surface area contributed by atoms with Crippen molar-refractivity contribution < 1.29 is 17.3 Å². The van der Waals surface area contributed by atoms with Gasteiger partial charge in [0.1, 0.15) is 0 Å². The van der Waals surface area contributed by atoms with E-state index in [9.17, 15) is 8.42 Å². The summed E-state index contributed by atoms with van der Waals surface area (Å²) in [4.78, 5) is 0.217. The standard InChI is InChI=1S/C11H16O4S/c1-9-4-5-11(10(2)8-9)16(12,13)15-7-6-14-3/h4-5,8H,6-7H2,1-3H3. The van der Waals surface area contributed by atoms with Gasteiger partial charge in [0.15, 0.2) is 0 Å². The Morgan fingerprint density at radius 1 is 1.19 bits per heavy atom. The van der Waals surface area contributed by atoms with Crippen LogP contribution in [0.3, 0.4) is 0 Å². The lowest BCUT2D eigenvalue weighted by Gasteiger charge is -2.08. The third-order valence-corrected chi connectivity index (χ3v) is 3.60. The summed E-state index contributed by atoms with van der Waals surface area (Å²) >= 11 is 0. The Morgan fingerprint density at radius 2 is 1.88 bits per heavy atom. The molecular weight excluding hydrogens is 228 g/mol. The van der Waals surface area contributed by atoms with Crippen molar-refractivity contribution in [1.82, 2.24) is 0 Å². The molecule has 0 unspecified atom stereocenters. The van der Waals surface area contributed by atoms with Crippen molar-refractivity contribution in [3.8, 4) is 0 Å². The van der Waals surface area contributed by atoms with E-state index in [1.807, 2.05) is 13.0 Å². The molecule has 0 radical (unpaired) electrons. The lowest BCUT2D eigenvalue weighted by molar-refractivity contribution is 0.149. The van der Waals surface area contributed by atoms with Crippen LogP contribution in [0.25, 0.3) is 0 Å². The number of rotatable bonds is 5. The fraction of sp³-hybridized carbons (Fsp3) is 0.455. The van der Waals surface area contributed by atoms with Crippen LogP contribution in [0, 0.1) is 13.8 Å². The Labute approximate surface area is 96.3 Å². The van der Waals surface area contributed by atoms with Crippen LogP contribution in [0.2, 0.25) is 0 Å². The van der Waals surface area contributed by atoms with Gasteiger partial charge >= 0.3 is 0 Å². The van der Waals surface area contributed by atoms with Crippen LogP contribution in [0.1, 0.15) is 11.1 Å². The van der Waals surface area contributed by atoms with Crippen LogP contribution in [-0.4, -0.2) is 28.7 Å². The van der Waals surface area contributed by atoms with Crippen molar-refractivity contribution in [3.05, 3.63) is 29.3 Å². The third-order valence-electron chi connectivity index (χ3n) is 2.13. The highest BCUT2D eigenvalue weighted by molar-refractivity contribution is 7.86. The van der Waals surface area contributed by atoms with E-state index in [0.717, 1.165) is 5.56 Å². The minimum atomic E-state index is -3.66. The molecule has 1 rings (SSSR count). The molecule has 1 aromatic carbocycles. The molecule has 4 nitrogen and oxygen atoms in total. The summed E-state index contributed by atoms with van der Waals surface area (Å²) in [6.45, 7) is 3.95. The zero-order valence-corrected chi connectivity index (χ0v) is 10.5. The van der Waals surface area contributed by atoms with E-state index >= 15 is 0 Å². The van der Waals surface area contributed by atoms with Gasteiger partial charge in [0, 0.05) is 7.11 Å². The van der Waals surface area contributed by atoms with E-state index in [-0.39, 0.29) is 18.1 Å². The molecule has 0 amide bonds. The molecule has 0 N–H and O–H groups in total. The molecule has 0 aromatic heterocycles. The van der Waals surface area contributed by atoms with E-state index in [1.54, 1.807) is 19.1 Å². The summed E-state index contributed by atoms with van der Waals surface area (Å²) in [7, 11) is -2.17. The van der Waals surface area contributed by atoms with Crippen molar-refractivity contribution >= 4 is 10.1 Å². The maximum Gasteiger partial charge on any atom is 0.297 e. The van der Waals surface area contributed by atoms with Crippen molar-refractivity contribution in [2.24, 2.45) is 0 Å². The number of benzene rings is 1. The van der Waals surface area contributed by atoms with Gasteiger partial charge in [-0.05, 0) is 25.5 Å². The van der Waals surface area contributed by atoms with Gasteiger partial charge in [-0.1, -0.05) is 17.7 Å². The van der Waals surface area contributed by atoms with Gasteiger partial charge in [-0.3, -0.25) is 4.18 Å². The topological polar surface area (TPSA) is 52.6 Å². The molecule has 0 bridgehead atoms. The van der Waals surface area contributed by atoms with Crippen LogP contribution < -0.4 is 0 Å². The lowest BCUT2D eigenvalue weighted by Crippen LogP contribution is -2.12. The molecule has 16 heavy (non-hydrogen) atoms. The molecule has 0 fully saturated rings. The Kier molecular flexibility index (Phi) is 4.46. The average Bonchev–Trinajstić information content (AvgIpc) is 2.17. The summed E-state index contributed by atoms with van der Waals surface area (Å²) in [6.07, 6.45) is 0. The van der Waals surface area contributed by atoms with Gasteiger partial charge in [0.05, 0.1) is 18.1 Å². The Morgan fingerprint density at radius 3 is 2.44 bits per heavy atom. The SMILES string of the molecule is COCCOS(=O)(=O)c1ccc(C)cc1C. The fourth-order valence-corrected chi connectivity index (χ4v) is 2.47. The van der Waals surface area contributed by atoms with E-state index < -0.39 is 10.1 Å². The predicted molar refractivity (Wildman–Crippen MR) is 60.9 cm³/mol. The summed E-state index contributed by atoms with van der Waals surface area (Å²) in [6, 6.07) is 5.12. The van der Waals surface area contributed by atoms with Gasteiger partial charge in [-0.2, -0.15) is 8.42 Å². The zero-order chi connectivity index (χ0) is 12.2. The number of hydrogen-bond donors (Lipinski definition) is 0. The minimum absolute atomic E-state index is 0.0339. The highest BCUT2D eigenvalue weighted by Gasteiger charge is 2.17. The first kappa shape index (κ1) is 13.2. The van der Waals surface area contributed by atoms with Gasteiger partial charge in [0.2, 0.25) is 0 Å². The molecule has 0 saturated heterocycles. The first-order chi connectivity index (χ1) is 7.47. The van der Waals surface area contributed by atoms with Gasteiger partial charge < -0.3 is 4.74 Å². The second-order valence-corrected chi connectivity index (χ2v) is 5.12.